The van der Waals surface area contributed by atoms with E-state index in [1.54, 1.807) is 11.3 Å². The zero-order chi connectivity index (χ0) is 15.3. The fourth-order valence-electron chi connectivity index (χ4n) is 2.31. The molecule has 114 valence electrons. The highest BCUT2D eigenvalue weighted by atomic mass is 32.1. The standard InChI is InChI=1S/C17H24N2OS/c1-5-17(3,20-6-2)16-19-15(14(21-16)12-18-4)13-10-8-7-9-11-13/h7-11,18H,5-6,12H2,1-4H3. The smallest absolute Gasteiger partial charge is 0.125 e. The summed E-state index contributed by atoms with van der Waals surface area (Å²) < 4.78 is 5.97. The van der Waals surface area contributed by atoms with Crippen molar-refractivity contribution in [3.05, 3.63) is 40.2 Å². The topological polar surface area (TPSA) is 34.1 Å². The molecule has 1 aromatic heterocycles. The van der Waals surface area contributed by atoms with E-state index in [0.717, 1.165) is 23.7 Å². The second-order valence-corrected chi connectivity index (χ2v) is 6.29. The van der Waals surface area contributed by atoms with E-state index in [9.17, 15) is 0 Å². The molecule has 3 nitrogen and oxygen atoms in total. The lowest BCUT2D eigenvalue weighted by atomic mass is 10.0. The second kappa shape index (κ2) is 7.16. The highest BCUT2D eigenvalue weighted by molar-refractivity contribution is 7.12. The maximum absolute atomic E-state index is 5.97. The van der Waals surface area contributed by atoms with Gasteiger partial charge in [-0.2, -0.15) is 0 Å². The number of ether oxygens (including phenoxy) is 1. The molecule has 1 heterocycles. The summed E-state index contributed by atoms with van der Waals surface area (Å²) in [5.74, 6) is 0. The van der Waals surface area contributed by atoms with Crippen LogP contribution in [0.25, 0.3) is 11.3 Å². The predicted octanol–water partition coefficient (Wildman–Crippen LogP) is 4.19. The number of nitrogens with one attached hydrogen (secondary N) is 1. The normalized spacial score (nSPS) is 14.1. The fourth-order valence-corrected chi connectivity index (χ4v) is 3.58. The van der Waals surface area contributed by atoms with Crippen molar-refractivity contribution in [1.82, 2.24) is 10.3 Å². The van der Waals surface area contributed by atoms with Gasteiger partial charge < -0.3 is 10.1 Å². The van der Waals surface area contributed by atoms with Crippen molar-refractivity contribution < 1.29 is 4.74 Å². The first kappa shape index (κ1) is 16.1. The Morgan fingerprint density at radius 2 is 1.95 bits per heavy atom. The Hall–Kier alpha value is -1.23. The number of hydrogen-bond acceptors (Lipinski definition) is 4. The van der Waals surface area contributed by atoms with Gasteiger partial charge in [0.05, 0.1) is 5.69 Å². The van der Waals surface area contributed by atoms with Gasteiger partial charge in [-0.25, -0.2) is 4.98 Å². The molecule has 0 aliphatic heterocycles. The summed E-state index contributed by atoms with van der Waals surface area (Å²) in [6.07, 6.45) is 0.918. The SMILES string of the molecule is CCOC(C)(CC)c1nc(-c2ccccc2)c(CNC)s1. The van der Waals surface area contributed by atoms with E-state index in [-0.39, 0.29) is 5.60 Å². The molecule has 0 aliphatic carbocycles. The van der Waals surface area contributed by atoms with Crippen LogP contribution < -0.4 is 5.32 Å². The van der Waals surface area contributed by atoms with Crippen LogP contribution in [0.4, 0.5) is 0 Å². The first-order valence-electron chi connectivity index (χ1n) is 7.48. The maximum atomic E-state index is 5.97. The molecule has 1 N–H and O–H groups in total. The monoisotopic (exact) mass is 304 g/mol. The lowest BCUT2D eigenvalue weighted by Gasteiger charge is -2.25. The van der Waals surface area contributed by atoms with Crippen LogP contribution in [-0.2, 0) is 16.9 Å². The molecule has 0 spiro atoms. The number of thiazole rings is 1. The van der Waals surface area contributed by atoms with Crippen molar-refractivity contribution in [2.75, 3.05) is 13.7 Å². The van der Waals surface area contributed by atoms with Gasteiger partial charge in [-0.3, -0.25) is 0 Å². The van der Waals surface area contributed by atoms with Crippen LogP contribution in [0.3, 0.4) is 0 Å². The Kier molecular flexibility index (Phi) is 5.51. The molecular weight excluding hydrogens is 280 g/mol. The van der Waals surface area contributed by atoms with Crippen molar-refractivity contribution in [2.45, 2.75) is 39.3 Å². The highest BCUT2D eigenvalue weighted by Gasteiger charge is 2.30. The van der Waals surface area contributed by atoms with E-state index in [0.29, 0.717) is 6.61 Å². The van der Waals surface area contributed by atoms with E-state index >= 15 is 0 Å². The summed E-state index contributed by atoms with van der Waals surface area (Å²) in [6.45, 7) is 7.85. The molecule has 4 heteroatoms. The Morgan fingerprint density at radius 3 is 2.52 bits per heavy atom. The summed E-state index contributed by atoms with van der Waals surface area (Å²) in [4.78, 5) is 6.18. The number of aromatic nitrogens is 1. The molecule has 0 fully saturated rings. The lowest BCUT2D eigenvalue weighted by molar-refractivity contribution is -0.0324. The van der Waals surface area contributed by atoms with Gasteiger partial charge in [-0.1, -0.05) is 37.3 Å². The summed E-state index contributed by atoms with van der Waals surface area (Å²) in [5, 5.41) is 4.30. The van der Waals surface area contributed by atoms with Gasteiger partial charge in [0.25, 0.3) is 0 Å². The van der Waals surface area contributed by atoms with Crippen LogP contribution in [0, 0.1) is 0 Å². The largest absolute Gasteiger partial charge is 0.368 e. The van der Waals surface area contributed by atoms with Crippen LogP contribution in [0.1, 0.15) is 37.1 Å². The van der Waals surface area contributed by atoms with Crippen LogP contribution in [0.15, 0.2) is 30.3 Å². The lowest BCUT2D eigenvalue weighted by Crippen LogP contribution is -2.24. The van der Waals surface area contributed by atoms with Crippen LogP contribution in [0.5, 0.6) is 0 Å². The molecule has 0 saturated carbocycles. The molecule has 2 aromatic rings. The Labute approximate surface area is 131 Å². The molecule has 21 heavy (non-hydrogen) atoms. The predicted molar refractivity (Wildman–Crippen MR) is 89.6 cm³/mol. The third-order valence-electron chi connectivity index (χ3n) is 3.67. The van der Waals surface area contributed by atoms with Crippen molar-refractivity contribution in [3.63, 3.8) is 0 Å². The van der Waals surface area contributed by atoms with Gasteiger partial charge in [0, 0.05) is 23.6 Å². The van der Waals surface area contributed by atoms with E-state index in [2.05, 4.69) is 43.4 Å². The first-order chi connectivity index (χ1) is 10.1. The van der Waals surface area contributed by atoms with Gasteiger partial charge in [0.2, 0.25) is 0 Å². The zero-order valence-electron chi connectivity index (χ0n) is 13.3. The minimum atomic E-state index is -0.297. The number of rotatable bonds is 7. The van der Waals surface area contributed by atoms with Crippen molar-refractivity contribution in [1.29, 1.82) is 0 Å². The van der Waals surface area contributed by atoms with Crippen LogP contribution >= 0.6 is 11.3 Å². The fraction of sp³-hybridized carbons (Fsp3) is 0.471. The van der Waals surface area contributed by atoms with Crippen LogP contribution in [-0.4, -0.2) is 18.6 Å². The van der Waals surface area contributed by atoms with E-state index < -0.39 is 0 Å². The van der Waals surface area contributed by atoms with E-state index in [1.165, 1.54) is 10.4 Å². The Balaban J connectivity index is 2.46. The van der Waals surface area contributed by atoms with Gasteiger partial charge in [0.1, 0.15) is 10.6 Å². The van der Waals surface area contributed by atoms with Gasteiger partial charge >= 0.3 is 0 Å². The van der Waals surface area contributed by atoms with Gasteiger partial charge in [-0.05, 0) is 27.3 Å². The van der Waals surface area contributed by atoms with Crippen molar-refractivity contribution in [2.24, 2.45) is 0 Å². The minimum absolute atomic E-state index is 0.297. The summed E-state index contributed by atoms with van der Waals surface area (Å²) in [5.41, 5.74) is 1.94. The summed E-state index contributed by atoms with van der Waals surface area (Å²) in [6, 6.07) is 10.4. The van der Waals surface area contributed by atoms with Gasteiger partial charge in [0.15, 0.2) is 0 Å². The quantitative estimate of drug-likeness (QED) is 0.833. The molecule has 0 aliphatic rings. The molecule has 0 amide bonds. The van der Waals surface area contributed by atoms with Gasteiger partial charge in [-0.15, -0.1) is 11.3 Å². The molecule has 2 rings (SSSR count). The number of hydrogen-bond donors (Lipinski definition) is 1. The number of benzene rings is 1. The van der Waals surface area contributed by atoms with Crippen molar-refractivity contribution >= 4 is 11.3 Å². The maximum Gasteiger partial charge on any atom is 0.125 e. The Bertz CT molecular complexity index is 567. The average Bonchev–Trinajstić information content (AvgIpc) is 2.93. The molecular formula is C17H24N2OS. The zero-order valence-corrected chi connectivity index (χ0v) is 14.1. The molecule has 1 atom stereocenters. The summed E-state index contributed by atoms with van der Waals surface area (Å²) in [7, 11) is 1.97. The van der Waals surface area contributed by atoms with E-state index in [1.807, 2.05) is 20.0 Å². The molecule has 0 radical (unpaired) electrons. The average molecular weight is 304 g/mol. The molecule has 1 aromatic carbocycles. The Morgan fingerprint density at radius 1 is 1.24 bits per heavy atom. The third kappa shape index (κ3) is 3.51. The third-order valence-corrected chi connectivity index (χ3v) is 4.97. The van der Waals surface area contributed by atoms with Crippen molar-refractivity contribution in [3.8, 4) is 11.3 Å². The second-order valence-electron chi connectivity index (χ2n) is 5.20. The minimum Gasteiger partial charge on any atom is -0.368 e. The summed E-state index contributed by atoms with van der Waals surface area (Å²) >= 11 is 1.75. The molecule has 1 unspecified atom stereocenters. The first-order valence-corrected chi connectivity index (χ1v) is 8.30. The molecule has 0 bridgehead atoms. The highest BCUT2D eigenvalue weighted by Crippen LogP contribution is 2.37. The number of nitrogens with zero attached hydrogens (tertiary/aromatic N) is 1. The van der Waals surface area contributed by atoms with E-state index in [4.69, 9.17) is 9.72 Å². The molecule has 0 saturated heterocycles. The van der Waals surface area contributed by atoms with Crippen LogP contribution in [0.2, 0.25) is 0 Å².